The number of aromatic nitrogens is 1. The third-order valence-corrected chi connectivity index (χ3v) is 6.96. The van der Waals surface area contributed by atoms with Crippen LogP contribution in [0, 0.1) is 34.0 Å². The number of fused-ring (bicyclic) bond motifs is 1. The number of nitrogens with zero attached hydrogens (tertiary/aromatic N) is 3. The number of ether oxygens (including phenoxy) is 2. The molecule has 36 heavy (non-hydrogen) atoms. The van der Waals surface area contributed by atoms with Gasteiger partial charge in [-0.1, -0.05) is 38.1 Å². The highest BCUT2D eigenvalue weighted by Gasteiger charge is 2.38. The lowest BCUT2D eigenvalue weighted by Gasteiger charge is -2.26. The van der Waals surface area contributed by atoms with Gasteiger partial charge in [-0.3, -0.25) is 14.8 Å². The fourth-order valence-corrected chi connectivity index (χ4v) is 5.25. The molecule has 0 saturated carbocycles. The predicted octanol–water partition coefficient (Wildman–Crippen LogP) is 3.75. The van der Waals surface area contributed by atoms with E-state index in [2.05, 4.69) is 12.1 Å². The molecule has 1 aliphatic rings. The van der Waals surface area contributed by atoms with Crippen molar-refractivity contribution in [1.82, 2.24) is 4.57 Å². The molecule has 1 aromatic heterocycles. The molecule has 0 radical (unpaired) electrons. The van der Waals surface area contributed by atoms with Gasteiger partial charge in [-0.2, -0.15) is 10.5 Å². The van der Waals surface area contributed by atoms with Gasteiger partial charge in [-0.15, -0.1) is 11.3 Å². The van der Waals surface area contributed by atoms with Crippen LogP contribution >= 0.6 is 11.3 Å². The minimum absolute atomic E-state index is 0.118. The quantitative estimate of drug-likeness (QED) is 0.508. The molecular formula is C28H26N4O3S. The smallest absolute Gasteiger partial charge is 0.274 e. The molecule has 2 atom stereocenters. The van der Waals surface area contributed by atoms with E-state index >= 15 is 0 Å². The number of hydrogen-bond acceptors (Lipinski definition) is 7. The minimum Gasteiger partial charge on any atom is -0.494 e. The summed E-state index contributed by atoms with van der Waals surface area (Å²) in [4.78, 5) is 13.3. The molecule has 1 N–H and O–H groups in total. The first-order valence-electron chi connectivity index (χ1n) is 11.8. The zero-order chi connectivity index (χ0) is 25.7. The van der Waals surface area contributed by atoms with E-state index in [1.165, 1.54) is 15.9 Å². The van der Waals surface area contributed by atoms with Crippen LogP contribution in [0.3, 0.4) is 0 Å². The van der Waals surface area contributed by atoms with Gasteiger partial charge >= 0.3 is 0 Å². The largest absolute Gasteiger partial charge is 0.494 e. The second kappa shape index (κ2) is 11.1. The Morgan fingerprint density at radius 3 is 2.11 bits per heavy atom. The van der Waals surface area contributed by atoms with Crippen molar-refractivity contribution in [2.45, 2.75) is 32.6 Å². The first kappa shape index (κ1) is 25.0. The molecule has 0 bridgehead atoms. The van der Waals surface area contributed by atoms with Gasteiger partial charge in [0.05, 0.1) is 35.5 Å². The lowest BCUT2D eigenvalue weighted by atomic mass is 9.79. The SMILES string of the molecule is CCCOc1ccc(C=c2sc3n(c2=O)C(=N)C(C#N)C(c2ccc(OCCC)cc2)C=3C#N)cc1. The van der Waals surface area contributed by atoms with E-state index in [-0.39, 0.29) is 5.84 Å². The zero-order valence-corrected chi connectivity index (χ0v) is 21.0. The van der Waals surface area contributed by atoms with Crippen LogP contribution in [0.4, 0.5) is 0 Å². The summed E-state index contributed by atoms with van der Waals surface area (Å²) < 4.78 is 13.3. The second-order valence-corrected chi connectivity index (χ2v) is 9.42. The summed E-state index contributed by atoms with van der Waals surface area (Å²) in [6.07, 6.45) is 3.54. The summed E-state index contributed by atoms with van der Waals surface area (Å²) in [6, 6.07) is 19.1. The maximum Gasteiger partial charge on any atom is 0.274 e. The summed E-state index contributed by atoms with van der Waals surface area (Å²) in [5.74, 6) is -0.274. The Morgan fingerprint density at radius 1 is 1.00 bits per heavy atom. The first-order valence-corrected chi connectivity index (χ1v) is 12.7. The Labute approximate surface area is 213 Å². The number of rotatable bonds is 8. The molecule has 182 valence electrons. The van der Waals surface area contributed by atoms with Crippen LogP contribution in [0.1, 0.15) is 43.7 Å². The van der Waals surface area contributed by atoms with Crippen LogP contribution in [0.2, 0.25) is 0 Å². The van der Waals surface area contributed by atoms with Gasteiger partial charge in [0.15, 0.2) is 0 Å². The van der Waals surface area contributed by atoms with Crippen LogP contribution in [0.25, 0.3) is 11.6 Å². The van der Waals surface area contributed by atoms with Crippen LogP contribution in [0.15, 0.2) is 53.3 Å². The predicted molar refractivity (Wildman–Crippen MR) is 140 cm³/mol. The maximum atomic E-state index is 13.3. The Bertz CT molecular complexity index is 1520. The summed E-state index contributed by atoms with van der Waals surface area (Å²) in [6.45, 7) is 5.29. The fourth-order valence-electron chi connectivity index (χ4n) is 4.11. The Hall–Kier alpha value is -4.14. The van der Waals surface area contributed by atoms with Crippen LogP contribution in [0.5, 0.6) is 11.5 Å². The van der Waals surface area contributed by atoms with Gasteiger partial charge in [0.1, 0.15) is 27.9 Å². The Morgan fingerprint density at radius 2 is 1.58 bits per heavy atom. The highest BCUT2D eigenvalue weighted by atomic mass is 32.1. The minimum atomic E-state index is -0.968. The second-order valence-electron chi connectivity index (χ2n) is 8.39. The van der Waals surface area contributed by atoms with Crippen molar-refractivity contribution < 1.29 is 9.47 Å². The standard InChI is InChI=1S/C28H26N4O3S/c1-3-13-34-20-9-5-18(6-10-20)15-24-27(33)32-26(31)22(16-29)25(23(17-30)28(32)36-24)19-7-11-21(12-8-19)35-14-4-2/h5-12,15,22,25,31H,3-4,13-14H2,1-2H3. The fraction of sp³-hybridized carbons (Fsp3) is 0.286. The number of thiazole rings is 1. The van der Waals surface area contributed by atoms with Crippen molar-refractivity contribution in [1.29, 1.82) is 15.9 Å². The van der Waals surface area contributed by atoms with Gasteiger partial charge in [0.2, 0.25) is 0 Å². The van der Waals surface area contributed by atoms with Crippen LogP contribution in [-0.4, -0.2) is 23.6 Å². The Balaban J connectivity index is 1.81. The normalized spacial score (nSPS) is 17.3. The molecule has 2 unspecified atom stereocenters. The van der Waals surface area contributed by atoms with E-state index in [4.69, 9.17) is 14.9 Å². The van der Waals surface area contributed by atoms with Crippen molar-refractivity contribution >= 4 is 28.8 Å². The summed E-state index contributed by atoms with van der Waals surface area (Å²) >= 11 is 1.17. The van der Waals surface area contributed by atoms with Gasteiger partial charge in [-0.25, -0.2) is 0 Å². The zero-order valence-electron chi connectivity index (χ0n) is 20.2. The monoisotopic (exact) mass is 498 g/mol. The molecule has 1 aliphatic heterocycles. The van der Waals surface area contributed by atoms with E-state index in [0.29, 0.717) is 33.7 Å². The van der Waals surface area contributed by atoms with Crippen LogP contribution in [-0.2, 0) is 0 Å². The van der Waals surface area contributed by atoms with Gasteiger partial charge in [0, 0.05) is 5.92 Å². The highest BCUT2D eigenvalue weighted by molar-refractivity contribution is 7.07. The highest BCUT2D eigenvalue weighted by Crippen LogP contribution is 2.35. The van der Waals surface area contributed by atoms with Gasteiger partial charge in [0.25, 0.3) is 5.56 Å². The Kier molecular flexibility index (Phi) is 7.68. The first-order chi connectivity index (χ1) is 17.5. The van der Waals surface area contributed by atoms with E-state index < -0.39 is 17.4 Å². The molecule has 8 heteroatoms. The third kappa shape index (κ3) is 4.82. The molecule has 2 aromatic carbocycles. The lowest BCUT2D eigenvalue weighted by molar-refractivity contribution is 0.317. The van der Waals surface area contributed by atoms with E-state index in [0.717, 1.165) is 29.7 Å². The lowest BCUT2D eigenvalue weighted by Crippen LogP contribution is -2.45. The van der Waals surface area contributed by atoms with Crippen molar-refractivity contribution in [2.75, 3.05) is 13.2 Å². The summed E-state index contributed by atoms with van der Waals surface area (Å²) in [5.41, 5.74) is 1.44. The topological polar surface area (TPSA) is 112 Å². The molecular weight excluding hydrogens is 472 g/mol. The average Bonchev–Trinajstić information content (AvgIpc) is 3.23. The van der Waals surface area contributed by atoms with Gasteiger partial charge < -0.3 is 9.47 Å². The average molecular weight is 499 g/mol. The molecule has 2 heterocycles. The molecule has 4 rings (SSSR count). The number of nitrogens with one attached hydrogen (secondary N) is 1. The summed E-state index contributed by atoms with van der Waals surface area (Å²) in [5, 5.41) is 28.8. The van der Waals surface area contributed by atoms with E-state index in [1.807, 2.05) is 50.2 Å². The molecule has 0 fully saturated rings. The molecule has 0 amide bonds. The molecule has 0 aliphatic carbocycles. The van der Waals surface area contributed by atoms with Gasteiger partial charge in [-0.05, 0) is 54.3 Å². The van der Waals surface area contributed by atoms with Crippen molar-refractivity contribution in [3.8, 4) is 23.6 Å². The number of benzene rings is 2. The van der Waals surface area contributed by atoms with Crippen molar-refractivity contribution in [3.63, 3.8) is 0 Å². The molecule has 0 saturated heterocycles. The molecule has 0 spiro atoms. The van der Waals surface area contributed by atoms with Crippen molar-refractivity contribution in [3.05, 3.63) is 79.2 Å². The number of hydrogen-bond donors (Lipinski definition) is 1. The van der Waals surface area contributed by atoms with E-state index in [1.54, 1.807) is 18.2 Å². The summed E-state index contributed by atoms with van der Waals surface area (Å²) in [7, 11) is 0. The van der Waals surface area contributed by atoms with Crippen molar-refractivity contribution in [2.24, 2.45) is 5.92 Å². The molecule has 3 aromatic rings. The molecule has 7 nitrogen and oxygen atoms in total. The number of nitriles is 2. The van der Waals surface area contributed by atoms with Crippen LogP contribution < -0.4 is 24.2 Å². The van der Waals surface area contributed by atoms with E-state index in [9.17, 15) is 15.3 Å². The third-order valence-electron chi connectivity index (χ3n) is 5.86. The maximum absolute atomic E-state index is 13.3.